The summed E-state index contributed by atoms with van der Waals surface area (Å²) in [5.74, 6) is -0.456. The smallest absolute Gasteiger partial charge is 0.308 e. The Hall–Kier alpha value is -1.26. The van der Waals surface area contributed by atoms with Gasteiger partial charge in [-0.1, -0.05) is 6.92 Å². The first-order chi connectivity index (χ1) is 14.3. The zero-order valence-corrected chi connectivity index (χ0v) is 19.1. The maximum absolute atomic E-state index is 11.5. The third-order valence-electron chi connectivity index (χ3n) is 3.30. The van der Waals surface area contributed by atoms with Gasteiger partial charge in [-0.2, -0.15) is 0 Å². The Balaban J connectivity index is 3.16. The number of rotatable bonds is 20. The van der Waals surface area contributed by atoms with Crippen molar-refractivity contribution in [1.29, 1.82) is 0 Å². The maximum Gasteiger partial charge on any atom is 0.308 e. The third-order valence-corrected chi connectivity index (χ3v) is 3.30. The van der Waals surface area contributed by atoms with E-state index in [1.54, 1.807) is 0 Å². The van der Waals surface area contributed by atoms with Crippen molar-refractivity contribution in [2.45, 2.75) is 52.6 Å². The molecular weight excluding hydrogens is 396 g/mol. The highest BCUT2D eigenvalue weighted by Crippen LogP contribution is 2.07. The van der Waals surface area contributed by atoms with Crippen molar-refractivity contribution >= 4 is 11.9 Å². The van der Waals surface area contributed by atoms with Gasteiger partial charge in [0.25, 0.3) is 0 Å². The molecule has 0 unspecified atom stereocenters. The van der Waals surface area contributed by atoms with Crippen LogP contribution in [-0.2, 0) is 42.7 Å². The molecule has 0 aromatic rings. The van der Waals surface area contributed by atoms with Crippen LogP contribution >= 0.6 is 0 Å². The molecule has 0 radical (unpaired) electrons. The molecule has 9 nitrogen and oxygen atoms in total. The number of carbonyl (C=O) groups is 2. The van der Waals surface area contributed by atoms with Crippen LogP contribution in [0, 0.1) is 0 Å². The second kappa shape index (κ2) is 19.7. The molecule has 0 N–H and O–H groups in total. The molecule has 0 saturated heterocycles. The second-order valence-corrected chi connectivity index (χ2v) is 7.37. The molecule has 0 spiro atoms. The molecule has 0 aromatic heterocycles. The summed E-state index contributed by atoms with van der Waals surface area (Å²) >= 11 is 0. The number of esters is 2. The highest BCUT2D eigenvalue weighted by molar-refractivity contribution is 5.70. The van der Waals surface area contributed by atoms with Gasteiger partial charge in [0, 0.05) is 6.42 Å². The summed E-state index contributed by atoms with van der Waals surface area (Å²) in [6.45, 7) is 12.1. The first kappa shape index (κ1) is 28.7. The van der Waals surface area contributed by atoms with Gasteiger partial charge < -0.3 is 33.2 Å². The minimum atomic E-state index is -0.468. The first-order valence-electron chi connectivity index (χ1n) is 10.6. The molecule has 0 bridgehead atoms. The SMILES string of the molecule is CCCC(=O)OCCOCCOCCOCCOCCOCCC(=O)OC(C)(C)C. The van der Waals surface area contributed by atoms with Crippen molar-refractivity contribution in [2.75, 3.05) is 72.7 Å². The van der Waals surface area contributed by atoms with Crippen LogP contribution in [0.25, 0.3) is 0 Å². The largest absolute Gasteiger partial charge is 0.463 e. The number of hydrogen-bond acceptors (Lipinski definition) is 9. The summed E-state index contributed by atoms with van der Waals surface area (Å²) in [5, 5.41) is 0. The van der Waals surface area contributed by atoms with Crippen molar-refractivity contribution < 1.29 is 42.7 Å². The van der Waals surface area contributed by atoms with E-state index in [1.807, 2.05) is 27.7 Å². The van der Waals surface area contributed by atoms with Crippen LogP contribution in [0.1, 0.15) is 47.0 Å². The molecule has 0 aliphatic rings. The average Bonchev–Trinajstić information content (AvgIpc) is 2.65. The lowest BCUT2D eigenvalue weighted by Gasteiger charge is -2.19. The van der Waals surface area contributed by atoms with Crippen LogP contribution in [0.5, 0.6) is 0 Å². The van der Waals surface area contributed by atoms with Gasteiger partial charge in [0.2, 0.25) is 0 Å². The van der Waals surface area contributed by atoms with Crippen molar-refractivity contribution in [3.8, 4) is 0 Å². The van der Waals surface area contributed by atoms with Crippen LogP contribution in [0.4, 0.5) is 0 Å². The molecular formula is C21H40O9. The Morgan fingerprint density at radius 1 is 0.567 bits per heavy atom. The summed E-state index contributed by atoms with van der Waals surface area (Å²) < 4.78 is 36.9. The summed E-state index contributed by atoms with van der Waals surface area (Å²) in [7, 11) is 0. The van der Waals surface area contributed by atoms with Crippen LogP contribution in [-0.4, -0.2) is 90.2 Å². The van der Waals surface area contributed by atoms with E-state index < -0.39 is 5.60 Å². The molecule has 0 atom stereocenters. The molecule has 0 saturated carbocycles. The lowest BCUT2D eigenvalue weighted by atomic mass is 10.2. The van der Waals surface area contributed by atoms with Crippen molar-refractivity contribution in [3.63, 3.8) is 0 Å². The minimum absolute atomic E-state index is 0.191. The second-order valence-electron chi connectivity index (χ2n) is 7.37. The van der Waals surface area contributed by atoms with Crippen LogP contribution < -0.4 is 0 Å². The van der Waals surface area contributed by atoms with E-state index in [2.05, 4.69) is 0 Å². The minimum Gasteiger partial charge on any atom is -0.463 e. The van der Waals surface area contributed by atoms with Gasteiger partial charge in [0.15, 0.2) is 0 Å². The molecule has 0 aliphatic heterocycles. The number of carbonyl (C=O) groups excluding carboxylic acids is 2. The highest BCUT2D eigenvalue weighted by Gasteiger charge is 2.15. The quantitative estimate of drug-likeness (QED) is 0.210. The molecule has 0 heterocycles. The van der Waals surface area contributed by atoms with E-state index >= 15 is 0 Å². The van der Waals surface area contributed by atoms with Crippen molar-refractivity contribution in [2.24, 2.45) is 0 Å². The summed E-state index contributed by atoms with van der Waals surface area (Å²) in [5.41, 5.74) is -0.468. The summed E-state index contributed by atoms with van der Waals surface area (Å²) in [6, 6.07) is 0. The van der Waals surface area contributed by atoms with Crippen LogP contribution in [0.3, 0.4) is 0 Å². The molecule has 0 aliphatic carbocycles. The van der Waals surface area contributed by atoms with E-state index in [4.69, 9.17) is 33.2 Å². The predicted molar refractivity (Wildman–Crippen MR) is 110 cm³/mol. The molecule has 0 rings (SSSR count). The van der Waals surface area contributed by atoms with E-state index in [0.717, 1.165) is 6.42 Å². The number of hydrogen-bond donors (Lipinski definition) is 0. The highest BCUT2D eigenvalue weighted by atomic mass is 16.6. The lowest BCUT2D eigenvalue weighted by Crippen LogP contribution is -2.24. The lowest BCUT2D eigenvalue weighted by molar-refractivity contribution is -0.156. The van der Waals surface area contributed by atoms with Gasteiger partial charge in [0.05, 0.1) is 72.5 Å². The molecule has 30 heavy (non-hydrogen) atoms. The van der Waals surface area contributed by atoms with Crippen molar-refractivity contribution in [3.05, 3.63) is 0 Å². The van der Waals surface area contributed by atoms with Crippen LogP contribution in [0.2, 0.25) is 0 Å². The number of ether oxygens (including phenoxy) is 7. The Kier molecular flexibility index (Phi) is 18.9. The van der Waals surface area contributed by atoms with Gasteiger partial charge in [-0.25, -0.2) is 0 Å². The van der Waals surface area contributed by atoms with Gasteiger partial charge in [-0.15, -0.1) is 0 Å². The fourth-order valence-electron chi connectivity index (χ4n) is 2.02. The van der Waals surface area contributed by atoms with Gasteiger partial charge >= 0.3 is 11.9 Å². The van der Waals surface area contributed by atoms with E-state index in [1.165, 1.54) is 0 Å². The first-order valence-corrected chi connectivity index (χ1v) is 10.6. The molecule has 9 heteroatoms. The summed E-state index contributed by atoms with van der Waals surface area (Å²) in [6.07, 6.45) is 1.46. The summed E-state index contributed by atoms with van der Waals surface area (Å²) in [4.78, 5) is 22.6. The Morgan fingerprint density at radius 3 is 1.37 bits per heavy atom. The molecule has 0 fully saturated rings. The van der Waals surface area contributed by atoms with Gasteiger partial charge in [-0.05, 0) is 27.2 Å². The third kappa shape index (κ3) is 23.0. The normalized spacial score (nSPS) is 11.5. The fraction of sp³-hybridized carbons (Fsp3) is 0.905. The Labute approximate surface area is 180 Å². The van der Waals surface area contributed by atoms with E-state index in [9.17, 15) is 9.59 Å². The van der Waals surface area contributed by atoms with Crippen LogP contribution in [0.15, 0.2) is 0 Å². The zero-order chi connectivity index (χ0) is 22.5. The average molecular weight is 437 g/mol. The van der Waals surface area contributed by atoms with Gasteiger partial charge in [-0.3, -0.25) is 9.59 Å². The van der Waals surface area contributed by atoms with E-state index in [0.29, 0.717) is 72.5 Å². The monoisotopic (exact) mass is 436 g/mol. The molecule has 0 amide bonds. The topological polar surface area (TPSA) is 98.8 Å². The zero-order valence-electron chi connectivity index (χ0n) is 19.1. The Morgan fingerprint density at radius 2 is 0.967 bits per heavy atom. The molecule has 0 aromatic carbocycles. The predicted octanol–water partition coefficient (Wildman–Crippen LogP) is 2.14. The van der Waals surface area contributed by atoms with E-state index in [-0.39, 0.29) is 25.0 Å². The Bertz CT molecular complexity index is 421. The maximum atomic E-state index is 11.5. The van der Waals surface area contributed by atoms with Gasteiger partial charge in [0.1, 0.15) is 12.2 Å². The standard InChI is InChI=1S/C21H40O9/c1-5-6-19(22)29-18-17-28-16-15-27-14-13-26-12-11-25-10-9-24-8-7-20(23)30-21(2,3)4/h5-18H2,1-4H3. The fourth-order valence-corrected chi connectivity index (χ4v) is 2.02. The molecule has 178 valence electrons. The van der Waals surface area contributed by atoms with Crippen molar-refractivity contribution in [1.82, 2.24) is 0 Å².